The Morgan fingerprint density at radius 2 is 2.15 bits per heavy atom. The van der Waals surface area contributed by atoms with Gasteiger partial charge >= 0.3 is 0 Å². The van der Waals surface area contributed by atoms with Gasteiger partial charge in [0.2, 0.25) is 12.5 Å². The fourth-order valence-corrected chi connectivity index (χ4v) is 4.19. The number of ether oxygens (including phenoxy) is 3. The number of fused-ring (bicyclic) bond motifs is 2. The summed E-state index contributed by atoms with van der Waals surface area (Å²) >= 11 is 0. The number of aromatic nitrogens is 4. The van der Waals surface area contributed by atoms with Crippen LogP contribution in [0.15, 0.2) is 36.7 Å². The van der Waals surface area contributed by atoms with Gasteiger partial charge in [-0.15, -0.1) is 10.2 Å². The molecule has 3 aromatic rings. The van der Waals surface area contributed by atoms with E-state index < -0.39 is 0 Å². The van der Waals surface area contributed by atoms with Crippen molar-refractivity contribution >= 4 is 5.91 Å². The maximum absolute atomic E-state index is 12.2. The zero-order valence-electron chi connectivity index (χ0n) is 18.5. The van der Waals surface area contributed by atoms with Crippen molar-refractivity contribution in [1.82, 2.24) is 30.0 Å². The fraction of sp³-hybridized carbons (Fsp3) is 0.391. The van der Waals surface area contributed by atoms with Crippen molar-refractivity contribution in [3.8, 4) is 17.2 Å². The predicted molar refractivity (Wildman–Crippen MR) is 118 cm³/mol. The van der Waals surface area contributed by atoms with Gasteiger partial charge in [0, 0.05) is 58.0 Å². The number of hydrogen-bond donors (Lipinski definition) is 1. The zero-order valence-corrected chi connectivity index (χ0v) is 18.5. The Kier molecular flexibility index (Phi) is 6.07. The highest BCUT2D eigenvalue weighted by atomic mass is 16.7. The first-order valence-corrected chi connectivity index (χ1v) is 11.0. The van der Waals surface area contributed by atoms with Crippen molar-refractivity contribution in [2.45, 2.75) is 25.9 Å². The van der Waals surface area contributed by atoms with Gasteiger partial charge in [-0.3, -0.25) is 14.7 Å². The predicted octanol–water partition coefficient (Wildman–Crippen LogP) is 1.44. The third kappa shape index (κ3) is 4.61. The van der Waals surface area contributed by atoms with Gasteiger partial charge in [-0.25, -0.2) is 0 Å². The number of hydrogen-bond acceptors (Lipinski definition) is 8. The molecule has 10 nitrogen and oxygen atoms in total. The monoisotopic (exact) mass is 450 g/mol. The SMILES string of the molecule is COc1cc(CN2CCc3nnc(CCNC(=O)c4cccnc4)n3CC2)cc2c1OCO2. The van der Waals surface area contributed by atoms with Crippen molar-refractivity contribution in [2.75, 3.05) is 33.5 Å². The molecule has 2 aliphatic rings. The maximum Gasteiger partial charge on any atom is 0.252 e. The molecule has 0 fully saturated rings. The largest absolute Gasteiger partial charge is 0.493 e. The second kappa shape index (κ2) is 9.45. The highest BCUT2D eigenvalue weighted by molar-refractivity contribution is 5.93. The molecular weight excluding hydrogens is 424 g/mol. The maximum atomic E-state index is 12.2. The third-order valence-corrected chi connectivity index (χ3v) is 5.88. The van der Waals surface area contributed by atoms with Crippen LogP contribution in [0, 0.1) is 0 Å². The van der Waals surface area contributed by atoms with Crippen LogP contribution >= 0.6 is 0 Å². The molecule has 0 saturated heterocycles. The number of carbonyl (C=O) groups excluding carboxylic acids is 1. The van der Waals surface area contributed by atoms with E-state index in [1.807, 2.05) is 12.1 Å². The highest BCUT2D eigenvalue weighted by Gasteiger charge is 2.23. The van der Waals surface area contributed by atoms with Crippen LogP contribution in [-0.2, 0) is 25.9 Å². The average Bonchev–Trinajstić information content (AvgIpc) is 3.42. The Morgan fingerprint density at radius 3 is 3.00 bits per heavy atom. The third-order valence-electron chi connectivity index (χ3n) is 5.88. The van der Waals surface area contributed by atoms with Crippen LogP contribution in [0.1, 0.15) is 27.6 Å². The standard InChI is InChI=1S/C23H26N6O4/c1-31-18-11-16(12-19-22(18)33-15-32-19)14-28-8-5-21-27-26-20(29(21)10-9-28)4-7-25-23(30)17-3-2-6-24-13-17/h2-3,6,11-13H,4-5,7-10,14-15H2,1H3,(H,25,30). The van der Waals surface area contributed by atoms with Crippen LogP contribution in [0.3, 0.4) is 0 Å². The molecule has 0 bridgehead atoms. The summed E-state index contributed by atoms with van der Waals surface area (Å²) in [6, 6.07) is 7.52. The van der Waals surface area contributed by atoms with Crippen molar-refractivity contribution in [2.24, 2.45) is 0 Å². The van der Waals surface area contributed by atoms with E-state index in [2.05, 4.69) is 30.0 Å². The molecule has 5 rings (SSSR count). The summed E-state index contributed by atoms with van der Waals surface area (Å²) in [6.07, 6.45) is 4.65. The molecular formula is C23H26N6O4. The fourth-order valence-electron chi connectivity index (χ4n) is 4.19. The minimum absolute atomic E-state index is 0.135. The van der Waals surface area contributed by atoms with E-state index in [-0.39, 0.29) is 12.7 Å². The van der Waals surface area contributed by atoms with E-state index in [1.165, 1.54) is 0 Å². The highest BCUT2D eigenvalue weighted by Crippen LogP contribution is 2.42. The van der Waals surface area contributed by atoms with Crippen LogP contribution < -0.4 is 19.5 Å². The molecule has 0 aliphatic carbocycles. The molecule has 2 aromatic heterocycles. The van der Waals surface area contributed by atoms with Gasteiger partial charge < -0.3 is 24.1 Å². The van der Waals surface area contributed by atoms with E-state index in [4.69, 9.17) is 14.2 Å². The molecule has 1 amide bonds. The molecule has 1 aromatic carbocycles. The first-order chi connectivity index (χ1) is 16.2. The van der Waals surface area contributed by atoms with Gasteiger partial charge in [0.05, 0.1) is 12.7 Å². The van der Waals surface area contributed by atoms with E-state index in [1.54, 1.807) is 31.6 Å². The van der Waals surface area contributed by atoms with Crippen LogP contribution in [0.4, 0.5) is 0 Å². The summed E-state index contributed by atoms with van der Waals surface area (Å²) in [6.45, 7) is 4.05. The molecule has 2 aliphatic heterocycles. The van der Waals surface area contributed by atoms with Gasteiger partial charge in [-0.2, -0.15) is 0 Å². The van der Waals surface area contributed by atoms with E-state index in [0.717, 1.165) is 55.6 Å². The van der Waals surface area contributed by atoms with Crippen molar-refractivity contribution in [3.63, 3.8) is 0 Å². The van der Waals surface area contributed by atoms with E-state index in [9.17, 15) is 4.79 Å². The minimum Gasteiger partial charge on any atom is -0.493 e. The minimum atomic E-state index is -0.135. The lowest BCUT2D eigenvalue weighted by atomic mass is 10.1. The van der Waals surface area contributed by atoms with Gasteiger partial charge in [0.25, 0.3) is 5.91 Å². The Bertz CT molecular complexity index is 1130. The molecule has 10 heteroatoms. The van der Waals surface area contributed by atoms with Gasteiger partial charge in [-0.05, 0) is 29.8 Å². The number of rotatable bonds is 7. The quantitative estimate of drug-likeness (QED) is 0.577. The molecule has 0 spiro atoms. The molecule has 0 saturated carbocycles. The van der Waals surface area contributed by atoms with Crippen LogP contribution in [0.5, 0.6) is 17.2 Å². The van der Waals surface area contributed by atoms with Crippen molar-refractivity contribution in [1.29, 1.82) is 0 Å². The van der Waals surface area contributed by atoms with Crippen LogP contribution in [0.25, 0.3) is 0 Å². The summed E-state index contributed by atoms with van der Waals surface area (Å²) in [4.78, 5) is 18.6. The summed E-state index contributed by atoms with van der Waals surface area (Å²) in [5, 5.41) is 11.7. The zero-order chi connectivity index (χ0) is 22.6. The van der Waals surface area contributed by atoms with Crippen molar-refractivity contribution in [3.05, 3.63) is 59.4 Å². The summed E-state index contributed by atoms with van der Waals surface area (Å²) in [7, 11) is 1.64. The molecule has 0 unspecified atom stereocenters. The van der Waals surface area contributed by atoms with Gasteiger partial charge in [0.15, 0.2) is 11.5 Å². The summed E-state index contributed by atoms with van der Waals surface area (Å²) in [5.41, 5.74) is 1.67. The van der Waals surface area contributed by atoms with E-state index in [0.29, 0.717) is 30.0 Å². The number of benzene rings is 1. The number of carbonyl (C=O) groups is 1. The summed E-state index contributed by atoms with van der Waals surface area (Å²) < 4.78 is 18.7. The lowest BCUT2D eigenvalue weighted by Crippen LogP contribution is -2.28. The van der Waals surface area contributed by atoms with Crippen LogP contribution in [-0.4, -0.2) is 64.1 Å². The van der Waals surface area contributed by atoms with Gasteiger partial charge in [-0.1, -0.05) is 0 Å². The molecule has 0 radical (unpaired) electrons. The number of pyridine rings is 1. The lowest BCUT2D eigenvalue weighted by molar-refractivity contribution is 0.0953. The smallest absolute Gasteiger partial charge is 0.252 e. The normalized spacial score (nSPS) is 15.1. The number of nitrogens with one attached hydrogen (secondary N) is 1. The second-order valence-corrected chi connectivity index (χ2v) is 7.99. The van der Waals surface area contributed by atoms with E-state index >= 15 is 0 Å². The Labute approximate surface area is 191 Å². The second-order valence-electron chi connectivity index (χ2n) is 7.99. The Hall–Kier alpha value is -3.66. The van der Waals surface area contributed by atoms with Crippen LogP contribution in [0.2, 0.25) is 0 Å². The lowest BCUT2D eigenvalue weighted by Gasteiger charge is -2.20. The molecule has 172 valence electrons. The topological polar surface area (TPSA) is 104 Å². The molecule has 4 heterocycles. The van der Waals surface area contributed by atoms with Gasteiger partial charge in [0.1, 0.15) is 11.6 Å². The molecule has 33 heavy (non-hydrogen) atoms. The first-order valence-electron chi connectivity index (χ1n) is 11.0. The Balaban J connectivity index is 1.18. The van der Waals surface area contributed by atoms with Crippen molar-refractivity contribution < 1.29 is 19.0 Å². The Morgan fingerprint density at radius 1 is 1.21 bits per heavy atom. The first kappa shape index (κ1) is 21.2. The number of amides is 1. The summed E-state index contributed by atoms with van der Waals surface area (Å²) in [5.74, 6) is 3.83. The number of methoxy groups -OCH3 is 1. The number of nitrogens with zero attached hydrogens (tertiary/aromatic N) is 5. The average molecular weight is 450 g/mol. The molecule has 0 atom stereocenters. The molecule has 1 N–H and O–H groups in total.